The minimum atomic E-state index is -0.848. The highest BCUT2D eigenvalue weighted by Gasteiger charge is 2.23. The fourth-order valence-corrected chi connectivity index (χ4v) is 4.01. The minimum absolute atomic E-state index is 0.0499. The standard InChI is InChI=1S/C25H29N5O4S/c1-4-34-22(32)15-14-21(31)26-20(16-17-8-6-5-7-9-17)23(33)27-25-29-28-24(35-25)18-10-12-19(13-11-18)30(2)3/h5-13,20H,4,14-16H2,1-3H3,(H,26,31)(H,27,29,33). The van der Waals surface area contributed by atoms with Crippen LogP contribution in [0.15, 0.2) is 54.6 Å². The zero-order valence-electron chi connectivity index (χ0n) is 20.0. The quantitative estimate of drug-likeness (QED) is 0.393. The van der Waals surface area contributed by atoms with E-state index < -0.39 is 23.8 Å². The van der Waals surface area contributed by atoms with Crippen LogP contribution in [0.5, 0.6) is 0 Å². The average Bonchev–Trinajstić information content (AvgIpc) is 3.31. The molecule has 1 heterocycles. The first-order chi connectivity index (χ1) is 16.9. The van der Waals surface area contributed by atoms with E-state index in [0.717, 1.165) is 16.8 Å². The van der Waals surface area contributed by atoms with Crippen LogP contribution in [0.1, 0.15) is 25.3 Å². The summed E-state index contributed by atoms with van der Waals surface area (Å²) in [5, 5.41) is 14.8. The lowest BCUT2D eigenvalue weighted by Crippen LogP contribution is -2.45. The van der Waals surface area contributed by atoms with Gasteiger partial charge in [-0.25, -0.2) is 0 Å². The third-order valence-electron chi connectivity index (χ3n) is 5.08. The Hall–Kier alpha value is -3.79. The second-order valence-corrected chi connectivity index (χ2v) is 8.94. The van der Waals surface area contributed by atoms with Gasteiger partial charge in [-0.15, -0.1) is 10.2 Å². The molecule has 2 amide bonds. The molecule has 3 rings (SSSR count). The summed E-state index contributed by atoms with van der Waals surface area (Å²) in [6.07, 6.45) is 0.171. The van der Waals surface area contributed by atoms with E-state index in [0.29, 0.717) is 10.1 Å². The third kappa shape index (κ3) is 7.89. The predicted octanol–water partition coefficient (Wildman–Crippen LogP) is 3.28. The number of carbonyl (C=O) groups is 3. The lowest BCUT2D eigenvalue weighted by molar-refractivity contribution is -0.144. The van der Waals surface area contributed by atoms with Gasteiger partial charge in [-0.3, -0.25) is 19.7 Å². The van der Waals surface area contributed by atoms with Crippen LogP contribution in [0.3, 0.4) is 0 Å². The van der Waals surface area contributed by atoms with Gasteiger partial charge < -0.3 is 15.0 Å². The molecule has 1 atom stereocenters. The number of carbonyl (C=O) groups excluding carboxylic acids is 3. The normalized spacial score (nSPS) is 11.4. The number of hydrogen-bond donors (Lipinski definition) is 2. The topological polar surface area (TPSA) is 114 Å². The molecule has 35 heavy (non-hydrogen) atoms. The van der Waals surface area contributed by atoms with Gasteiger partial charge in [0.2, 0.25) is 16.9 Å². The molecule has 0 aliphatic carbocycles. The van der Waals surface area contributed by atoms with Gasteiger partial charge in [0.05, 0.1) is 13.0 Å². The van der Waals surface area contributed by atoms with Gasteiger partial charge in [0.15, 0.2) is 0 Å². The number of nitrogens with one attached hydrogen (secondary N) is 2. The molecule has 2 N–H and O–H groups in total. The molecule has 1 aromatic heterocycles. The number of ether oxygens (including phenoxy) is 1. The molecular weight excluding hydrogens is 466 g/mol. The second-order valence-electron chi connectivity index (χ2n) is 7.96. The third-order valence-corrected chi connectivity index (χ3v) is 5.97. The monoisotopic (exact) mass is 495 g/mol. The molecule has 0 aliphatic rings. The summed E-state index contributed by atoms with van der Waals surface area (Å²) in [5.74, 6) is -1.27. The molecule has 0 aliphatic heterocycles. The van der Waals surface area contributed by atoms with Crippen LogP contribution < -0.4 is 15.5 Å². The van der Waals surface area contributed by atoms with Crippen molar-refractivity contribution in [3.05, 3.63) is 60.2 Å². The number of aromatic nitrogens is 2. The van der Waals surface area contributed by atoms with E-state index in [2.05, 4.69) is 20.8 Å². The fourth-order valence-electron chi connectivity index (χ4n) is 3.26. The molecule has 2 aromatic carbocycles. The van der Waals surface area contributed by atoms with Crippen molar-refractivity contribution in [2.45, 2.75) is 32.2 Å². The van der Waals surface area contributed by atoms with Gasteiger partial charge in [-0.1, -0.05) is 41.7 Å². The highest BCUT2D eigenvalue weighted by atomic mass is 32.1. The van der Waals surface area contributed by atoms with E-state index in [1.165, 1.54) is 11.3 Å². The number of nitrogens with zero attached hydrogens (tertiary/aromatic N) is 3. The number of amides is 2. The van der Waals surface area contributed by atoms with Crippen LogP contribution in [0.25, 0.3) is 10.6 Å². The van der Waals surface area contributed by atoms with Gasteiger partial charge in [0.25, 0.3) is 0 Å². The Labute approximate surface area is 208 Å². The Bertz CT molecular complexity index is 1130. The van der Waals surface area contributed by atoms with Crippen LogP contribution in [0.2, 0.25) is 0 Å². The molecule has 3 aromatic rings. The summed E-state index contributed by atoms with van der Waals surface area (Å²) in [6.45, 7) is 1.96. The van der Waals surface area contributed by atoms with Crippen LogP contribution in [-0.2, 0) is 25.5 Å². The smallest absolute Gasteiger partial charge is 0.306 e. The highest BCUT2D eigenvalue weighted by Crippen LogP contribution is 2.28. The maximum atomic E-state index is 13.1. The van der Waals surface area contributed by atoms with Gasteiger partial charge in [0.1, 0.15) is 11.0 Å². The minimum Gasteiger partial charge on any atom is -0.466 e. The van der Waals surface area contributed by atoms with Crippen molar-refractivity contribution in [2.75, 3.05) is 30.9 Å². The summed E-state index contributed by atoms with van der Waals surface area (Å²) in [6, 6.07) is 16.4. The van der Waals surface area contributed by atoms with Crippen LogP contribution >= 0.6 is 11.3 Å². The van der Waals surface area contributed by atoms with Gasteiger partial charge in [0, 0.05) is 38.2 Å². The Morgan fingerprint density at radius 2 is 1.71 bits per heavy atom. The largest absolute Gasteiger partial charge is 0.466 e. The van der Waals surface area contributed by atoms with E-state index in [4.69, 9.17) is 4.74 Å². The summed E-state index contributed by atoms with van der Waals surface area (Å²) >= 11 is 1.25. The van der Waals surface area contributed by atoms with Crippen molar-refractivity contribution in [3.8, 4) is 10.6 Å². The summed E-state index contributed by atoms with van der Waals surface area (Å²) in [4.78, 5) is 39.1. The van der Waals surface area contributed by atoms with Crippen molar-refractivity contribution in [3.63, 3.8) is 0 Å². The predicted molar refractivity (Wildman–Crippen MR) is 136 cm³/mol. The zero-order chi connectivity index (χ0) is 25.2. The van der Waals surface area contributed by atoms with Gasteiger partial charge in [-0.2, -0.15) is 0 Å². The number of benzene rings is 2. The molecule has 184 valence electrons. The Morgan fingerprint density at radius 3 is 2.37 bits per heavy atom. The first kappa shape index (κ1) is 25.8. The van der Waals surface area contributed by atoms with E-state index in [-0.39, 0.29) is 25.9 Å². The molecule has 0 bridgehead atoms. The molecule has 0 spiro atoms. The molecule has 0 saturated carbocycles. The van der Waals surface area contributed by atoms with Crippen molar-refractivity contribution >= 4 is 39.9 Å². The Kier molecular flexibility index (Phi) is 9.31. The fraction of sp³-hybridized carbons (Fsp3) is 0.320. The zero-order valence-corrected chi connectivity index (χ0v) is 20.8. The molecule has 10 heteroatoms. The van der Waals surface area contributed by atoms with Gasteiger partial charge in [-0.05, 0) is 36.8 Å². The summed E-state index contributed by atoms with van der Waals surface area (Å²) in [5.41, 5.74) is 2.84. The lowest BCUT2D eigenvalue weighted by Gasteiger charge is -2.18. The summed E-state index contributed by atoms with van der Waals surface area (Å²) in [7, 11) is 3.93. The van der Waals surface area contributed by atoms with Crippen LogP contribution in [0.4, 0.5) is 10.8 Å². The lowest BCUT2D eigenvalue weighted by atomic mass is 10.0. The number of hydrogen-bond acceptors (Lipinski definition) is 8. The molecule has 0 radical (unpaired) electrons. The van der Waals surface area contributed by atoms with Crippen molar-refractivity contribution in [1.82, 2.24) is 15.5 Å². The number of esters is 1. The van der Waals surface area contributed by atoms with Crippen molar-refractivity contribution in [1.29, 1.82) is 0 Å². The first-order valence-electron chi connectivity index (χ1n) is 11.3. The average molecular weight is 496 g/mol. The Morgan fingerprint density at radius 1 is 1.00 bits per heavy atom. The SMILES string of the molecule is CCOC(=O)CCC(=O)NC(Cc1ccccc1)C(=O)Nc1nnc(-c2ccc(N(C)C)cc2)s1. The Balaban J connectivity index is 1.67. The van der Waals surface area contributed by atoms with Crippen molar-refractivity contribution in [2.24, 2.45) is 0 Å². The maximum absolute atomic E-state index is 13.1. The van der Waals surface area contributed by atoms with E-state index >= 15 is 0 Å². The first-order valence-corrected chi connectivity index (χ1v) is 12.1. The number of rotatable bonds is 11. The maximum Gasteiger partial charge on any atom is 0.306 e. The van der Waals surface area contributed by atoms with Gasteiger partial charge >= 0.3 is 5.97 Å². The van der Waals surface area contributed by atoms with E-state index in [9.17, 15) is 14.4 Å². The summed E-state index contributed by atoms with van der Waals surface area (Å²) < 4.78 is 4.86. The second kappa shape index (κ2) is 12.6. The molecular formula is C25H29N5O4S. The van der Waals surface area contributed by atoms with E-state index in [1.54, 1.807) is 6.92 Å². The molecule has 0 saturated heterocycles. The van der Waals surface area contributed by atoms with Crippen LogP contribution in [-0.4, -0.2) is 54.7 Å². The van der Waals surface area contributed by atoms with Crippen LogP contribution in [0, 0.1) is 0 Å². The van der Waals surface area contributed by atoms with E-state index in [1.807, 2.05) is 73.6 Å². The highest BCUT2D eigenvalue weighted by molar-refractivity contribution is 7.18. The number of anilines is 2. The molecule has 0 fully saturated rings. The molecule has 1 unspecified atom stereocenters. The molecule has 9 nitrogen and oxygen atoms in total. The van der Waals surface area contributed by atoms with Crippen molar-refractivity contribution < 1.29 is 19.1 Å².